The van der Waals surface area contributed by atoms with Crippen molar-refractivity contribution in [3.63, 3.8) is 0 Å². The molecule has 3 heterocycles. The number of rotatable bonds is 5. The third kappa shape index (κ3) is 4.56. The van der Waals surface area contributed by atoms with Crippen molar-refractivity contribution < 1.29 is 13.2 Å². The summed E-state index contributed by atoms with van der Waals surface area (Å²) in [5.74, 6) is 0.0873. The minimum Gasteiger partial charge on any atom is -0.341 e. The van der Waals surface area contributed by atoms with Gasteiger partial charge in [0.15, 0.2) is 0 Å². The Kier molecular flexibility index (Phi) is 6.03. The first-order chi connectivity index (χ1) is 12.1. The van der Waals surface area contributed by atoms with Crippen LogP contribution in [0.2, 0.25) is 0 Å². The summed E-state index contributed by atoms with van der Waals surface area (Å²) in [6.07, 6.45) is 7.16. The van der Waals surface area contributed by atoms with Crippen LogP contribution < -0.4 is 0 Å². The zero-order valence-corrected chi connectivity index (χ0v) is 15.3. The molecule has 0 radical (unpaired) electrons. The molecule has 2 saturated heterocycles. The van der Waals surface area contributed by atoms with E-state index in [1.807, 2.05) is 12.1 Å². The lowest BCUT2D eigenvalue weighted by Crippen LogP contribution is -2.44. The summed E-state index contributed by atoms with van der Waals surface area (Å²) < 4.78 is 28.5. The van der Waals surface area contributed by atoms with Gasteiger partial charge in [-0.3, -0.25) is 9.78 Å². The van der Waals surface area contributed by atoms with Crippen LogP contribution in [-0.2, 0) is 21.4 Å². The molecule has 2 aliphatic heterocycles. The van der Waals surface area contributed by atoms with Gasteiger partial charge in [0.1, 0.15) is 0 Å². The van der Waals surface area contributed by atoms with E-state index in [1.54, 1.807) is 25.9 Å². The lowest BCUT2D eigenvalue weighted by Gasteiger charge is -2.26. The molecule has 0 aliphatic carbocycles. The number of nitrogens with zero attached hydrogens (tertiary/aromatic N) is 4. The monoisotopic (exact) mass is 366 g/mol. The molecular formula is C17H26N4O3S. The van der Waals surface area contributed by atoms with Crippen LogP contribution in [0.5, 0.6) is 0 Å². The highest BCUT2D eigenvalue weighted by molar-refractivity contribution is 7.86. The molecule has 0 unspecified atom stereocenters. The highest BCUT2D eigenvalue weighted by Crippen LogP contribution is 2.18. The minimum atomic E-state index is -3.37. The highest BCUT2D eigenvalue weighted by atomic mass is 32.2. The van der Waals surface area contributed by atoms with Crippen LogP contribution in [0.1, 0.15) is 31.2 Å². The Morgan fingerprint density at radius 1 is 1.00 bits per heavy atom. The Balaban J connectivity index is 1.53. The molecule has 2 aliphatic rings. The molecule has 2 fully saturated rings. The molecule has 3 rings (SSSR count). The lowest BCUT2D eigenvalue weighted by molar-refractivity contribution is -0.131. The van der Waals surface area contributed by atoms with Gasteiger partial charge in [0.25, 0.3) is 10.2 Å². The second-order valence-electron chi connectivity index (χ2n) is 6.61. The van der Waals surface area contributed by atoms with Crippen molar-refractivity contribution >= 4 is 16.1 Å². The molecule has 7 nitrogen and oxygen atoms in total. The number of aromatic nitrogens is 1. The maximum atomic E-state index is 12.7. The van der Waals surface area contributed by atoms with Gasteiger partial charge in [0, 0.05) is 58.1 Å². The lowest BCUT2D eigenvalue weighted by atomic mass is 10.1. The third-order valence-electron chi connectivity index (χ3n) is 4.88. The normalized spacial score (nSPS) is 20.6. The fraction of sp³-hybridized carbons (Fsp3) is 0.647. The Hall–Kier alpha value is -1.51. The van der Waals surface area contributed by atoms with E-state index in [0.29, 0.717) is 58.5 Å². The number of aryl methyl sites for hydroxylation is 1. The number of carbonyl (C=O) groups excluding carboxylic acids is 1. The van der Waals surface area contributed by atoms with Gasteiger partial charge in [-0.05, 0) is 37.3 Å². The molecule has 0 atom stereocenters. The van der Waals surface area contributed by atoms with E-state index in [4.69, 9.17) is 0 Å². The average Bonchev–Trinajstić information content (AvgIpc) is 3.06. The zero-order chi connectivity index (χ0) is 17.7. The first kappa shape index (κ1) is 18.3. The van der Waals surface area contributed by atoms with Gasteiger partial charge in [-0.25, -0.2) is 0 Å². The van der Waals surface area contributed by atoms with Crippen molar-refractivity contribution in [1.29, 1.82) is 0 Å². The summed E-state index contributed by atoms with van der Waals surface area (Å²) >= 11 is 0. The summed E-state index contributed by atoms with van der Waals surface area (Å²) in [6.45, 7) is 3.21. The fourth-order valence-corrected chi connectivity index (χ4v) is 5.13. The van der Waals surface area contributed by atoms with Crippen LogP contribution in [0.4, 0.5) is 0 Å². The standard InChI is InChI=1S/C17H26N4O3S/c22-17(7-6-16-5-3-8-18-15-16)19-9-4-12-21(14-13-19)25(23,24)20-10-1-2-11-20/h3,5,8,15H,1-2,4,6-7,9-14H2. The van der Waals surface area contributed by atoms with Crippen molar-refractivity contribution in [3.8, 4) is 0 Å². The predicted octanol–water partition coefficient (Wildman–Crippen LogP) is 0.889. The summed E-state index contributed by atoms with van der Waals surface area (Å²) in [7, 11) is -3.37. The van der Waals surface area contributed by atoms with Crippen LogP contribution >= 0.6 is 0 Å². The number of pyridine rings is 1. The smallest absolute Gasteiger partial charge is 0.282 e. The van der Waals surface area contributed by atoms with Crippen molar-refractivity contribution in [2.75, 3.05) is 39.3 Å². The topological polar surface area (TPSA) is 73.8 Å². The molecule has 0 spiro atoms. The molecule has 138 valence electrons. The van der Waals surface area contributed by atoms with E-state index < -0.39 is 10.2 Å². The van der Waals surface area contributed by atoms with Gasteiger partial charge < -0.3 is 4.90 Å². The van der Waals surface area contributed by atoms with Crippen LogP contribution in [0.3, 0.4) is 0 Å². The molecule has 1 aromatic rings. The predicted molar refractivity (Wildman–Crippen MR) is 95.1 cm³/mol. The molecule has 25 heavy (non-hydrogen) atoms. The van der Waals surface area contributed by atoms with Crippen LogP contribution in [0.25, 0.3) is 0 Å². The molecule has 0 aromatic carbocycles. The van der Waals surface area contributed by atoms with Gasteiger partial charge in [-0.2, -0.15) is 17.0 Å². The van der Waals surface area contributed by atoms with Crippen LogP contribution in [0.15, 0.2) is 24.5 Å². The van der Waals surface area contributed by atoms with Gasteiger partial charge in [-0.1, -0.05) is 6.07 Å². The SMILES string of the molecule is O=C(CCc1cccnc1)N1CCCN(S(=O)(=O)N2CCCC2)CC1. The first-order valence-corrected chi connectivity index (χ1v) is 10.4. The summed E-state index contributed by atoms with van der Waals surface area (Å²) in [5.41, 5.74) is 1.05. The molecule has 0 N–H and O–H groups in total. The maximum absolute atomic E-state index is 12.7. The average molecular weight is 366 g/mol. The van der Waals surface area contributed by atoms with E-state index in [2.05, 4.69) is 4.98 Å². The van der Waals surface area contributed by atoms with E-state index in [0.717, 1.165) is 18.4 Å². The molecule has 0 bridgehead atoms. The second kappa shape index (κ2) is 8.25. The maximum Gasteiger partial charge on any atom is 0.282 e. The van der Waals surface area contributed by atoms with E-state index >= 15 is 0 Å². The van der Waals surface area contributed by atoms with Gasteiger partial charge in [0.05, 0.1) is 0 Å². The Morgan fingerprint density at radius 3 is 2.44 bits per heavy atom. The van der Waals surface area contributed by atoms with Crippen molar-refractivity contribution in [1.82, 2.24) is 18.5 Å². The second-order valence-corrected chi connectivity index (χ2v) is 8.54. The number of hydrogen-bond donors (Lipinski definition) is 0. The van der Waals surface area contributed by atoms with Crippen LogP contribution in [0, 0.1) is 0 Å². The zero-order valence-electron chi connectivity index (χ0n) is 14.5. The largest absolute Gasteiger partial charge is 0.341 e. The number of carbonyl (C=O) groups is 1. The third-order valence-corrected chi connectivity index (χ3v) is 6.91. The highest BCUT2D eigenvalue weighted by Gasteiger charge is 2.33. The number of amides is 1. The molecule has 8 heteroatoms. The van der Waals surface area contributed by atoms with Crippen molar-refractivity contribution in [2.24, 2.45) is 0 Å². The molecule has 1 amide bonds. The van der Waals surface area contributed by atoms with Gasteiger partial charge in [0.2, 0.25) is 5.91 Å². The fourth-order valence-electron chi connectivity index (χ4n) is 3.41. The number of hydrogen-bond acceptors (Lipinski definition) is 4. The Bertz CT molecular complexity index is 674. The van der Waals surface area contributed by atoms with E-state index in [1.165, 1.54) is 0 Å². The molecule has 0 saturated carbocycles. The summed E-state index contributed by atoms with van der Waals surface area (Å²) in [6, 6.07) is 3.83. The molecular weight excluding hydrogens is 340 g/mol. The quantitative estimate of drug-likeness (QED) is 0.776. The Morgan fingerprint density at radius 2 is 1.72 bits per heavy atom. The molecule has 1 aromatic heterocycles. The summed E-state index contributed by atoms with van der Waals surface area (Å²) in [5, 5.41) is 0. The van der Waals surface area contributed by atoms with Crippen molar-refractivity contribution in [2.45, 2.75) is 32.1 Å². The van der Waals surface area contributed by atoms with E-state index in [-0.39, 0.29) is 5.91 Å². The van der Waals surface area contributed by atoms with Crippen LogP contribution in [-0.4, -0.2) is 72.1 Å². The summed E-state index contributed by atoms with van der Waals surface area (Å²) in [4.78, 5) is 18.3. The van der Waals surface area contributed by atoms with Gasteiger partial charge in [-0.15, -0.1) is 0 Å². The Labute approximate surface area is 149 Å². The van der Waals surface area contributed by atoms with E-state index in [9.17, 15) is 13.2 Å². The first-order valence-electron chi connectivity index (χ1n) is 8.99. The van der Waals surface area contributed by atoms with Gasteiger partial charge >= 0.3 is 0 Å². The van der Waals surface area contributed by atoms with Crippen molar-refractivity contribution in [3.05, 3.63) is 30.1 Å². The minimum absolute atomic E-state index is 0.0873.